The maximum absolute atomic E-state index is 13.1. The number of nitrogens with one attached hydrogen (secondary N) is 2. The zero-order valence-corrected chi connectivity index (χ0v) is 19.8. The number of nitrogens with zero attached hydrogens (tertiary/aromatic N) is 1. The van der Waals surface area contributed by atoms with Gasteiger partial charge in [0.25, 0.3) is 5.91 Å². The molecule has 2 N–H and O–H groups in total. The van der Waals surface area contributed by atoms with Crippen LogP contribution in [0.1, 0.15) is 46.3 Å². The third-order valence-corrected chi connectivity index (χ3v) is 6.58. The van der Waals surface area contributed by atoms with Crippen LogP contribution in [0.4, 0.5) is 11.4 Å². The van der Waals surface area contributed by atoms with E-state index in [1.54, 1.807) is 18.2 Å². The number of methoxy groups -OCH3 is 1. The maximum Gasteiger partial charge on any atom is 0.337 e. The number of carbonyl (C=O) groups is 2. The van der Waals surface area contributed by atoms with Gasteiger partial charge in [-0.3, -0.25) is 9.69 Å². The number of hydrogen-bond donors (Lipinski definition) is 2. The fourth-order valence-electron chi connectivity index (χ4n) is 4.76. The predicted octanol–water partition coefficient (Wildman–Crippen LogP) is 5.39. The number of carbonyl (C=O) groups excluding carboxylic acids is 2. The fourth-order valence-corrected chi connectivity index (χ4v) is 4.76. The SMILES string of the molecule is COC(=O)c1ccc2c(c1)NC(=O)C2=C(Nc1ccc(CN2CCCCC2)cc1)c1ccccc1. The Morgan fingerprint density at radius 3 is 2.40 bits per heavy atom. The number of esters is 1. The first-order chi connectivity index (χ1) is 17.1. The zero-order chi connectivity index (χ0) is 24.2. The van der Waals surface area contributed by atoms with Gasteiger partial charge in [-0.2, -0.15) is 0 Å². The van der Waals surface area contributed by atoms with E-state index in [2.05, 4.69) is 39.8 Å². The minimum atomic E-state index is -0.439. The molecule has 2 aliphatic rings. The molecule has 1 saturated heterocycles. The van der Waals surface area contributed by atoms with Gasteiger partial charge in [-0.1, -0.05) is 55.0 Å². The average molecular weight is 468 g/mol. The standard InChI is InChI=1S/C29H29N3O3/c1-35-29(34)22-12-15-24-25(18-22)31-28(33)26(24)27(21-8-4-2-5-9-21)30-23-13-10-20(11-14-23)19-32-16-6-3-7-17-32/h2,4-5,8-15,18,30H,3,6-7,16-17,19H2,1H3,(H,31,33). The molecule has 2 aliphatic heterocycles. The first-order valence-corrected chi connectivity index (χ1v) is 12.0. The smallest absolute Gasteiger partial charge is 0.337 e. The molecule has 6 nitrogen and oxygen atoms in total. The van der Waals surface area contributed by atoms with Crippen LogP contribution in [0, 0.1) is 0 Å². The third kappa shape index (κ3) is 4.98. The van der Waals surface area contributed by atoms with E-state index >= 15 is 0 Å². The Morgan fingerprint density at radius 2 is 1.69 bits per heavy atom. The number of likely N-dealkylation sites (tertiary alicyclic amines) is 1. The molecular formula is C29H29N3O3. The summed E-state index contributed by atoms with van der Waals surface area (Å²) < 4.78 is 4.82. The summed E-state index contributed by atoms with van der Waals surface area (Å²) in [5.41, 5.74) is 6.09. The van der Waals surface area contributed by atoms with Gasteiger partial charge < -0.3 is 15.4 Å². The normalized spacial score (nSPS) is 16.9. The van der Waals surface area contributed by atoms with E-state index < -0.39 is 5.97 Å². The van der Waals surface area contributed by atoms with Crippen molar-refractivity contribution in [2.75, 3.05) is 30.8 Å². The van der Waals surface area contributed by atoms with Crippen LogP contribution in [-0.2, 0) is 16.1 Å². The highest BCUT2D eigenvalue weighted by atomic mass is 16.5. The summed E-state index contributed by atoms with van der Waals surface area (Å²) in [6, 6.07) is 23.4. The third-order valence-electron chi connectivity index (χ3n) is 6.58. The van der Waals surface area contributed by atoms with Crippen LogP contribution in [0.2, 0.25) is 0 Å². The van der Waals surface area contributed by atoms with E-state index in [9.17, 15) is 9.59 Å². The minimum absolute atomic E-state index is 0.213. The Kier molecular flexibility index (Phi) is 6.64. The van der Waals surface area contributed by atoms with Gasteiger partial charge in [0, 0.05) is 17.8 Å². The Balaban J connectivity index is 1.48. The Labute approximate surface area is 205 Å². The van der Waals surface area contributed by atoms with Crippen molar-refractivity contribution in [3.8, 4) is 0 Å². The summed E-state index contributed by atoms with van der Waals surface area (Å²) in [5.74, 6) is -0.652. The molecule has 0 saturated carbocycles. The highest BCUT2D eigenvalue weighted by Gasteiger charge is 2.29. The zero-order valence-electron chi connectivity index (χ0n) is 19.8. The summed E-state index contributed by atoms with van der Waals surface area (Å²) in [6.07, 6.45) is 3.88. The molecule has 0 bridgehead atoms. The lowest BCUT2D eigenvalue weighted by Crippen LogP contribution is -2.29. The summed E-state index contributed by atoms with van der Waals surface area (Å²) >= 11 is 0. The van der Waals surface area contributed by atoms with Crippen molar-refractivity contribution in [2.45, 2.75) is 25.8 Å². The van der Waals surface area contributed by atoms with Crippen LogP contribution in [0.3, 0.4) is 0 Å². The van der Waals surface area contributed by atoms with Crippen LogP contribution in [-0.4, -0.2) is 37.0 Å². The molecule has 2 heterocycles. The number of anilines is 2. The number of rotatable bonds is 6. The quantitative estimate of drug-likeness (QED) is 0.376. The molecule has 35 heavy (non-hydrogen) atoms. The van der Waals surface area contributed by atoms with Gasteiger partial charge in [-0.15, -0.1) is 0 Å². The maximum atomic E-state index is 13.1. The molecule has 0 aromatic heterocycles. The van der Waals surface area contributed by atoms with Crippen molar-refractivity contribution in [3.63, 3.8) is 0 Å². The van der Waals surface area contributed by atoms with Gasteiger partial charge in [0.05, 0.1) is 29.6 Å². The highest BCUT2D eigenvalue weighted by Crippen LogP contribution is 2.38. The van der Waals surface area contributed by atoms with Crippen molar-refractivity contribution in [1.82, 2.24) is 4.90 Å². The van der Waals surface area contributed by atoms with Crippen LogP contribution in [0.25, 0.3) is 11.3 Å². The summed E-state index contributed by atoms with van der Waals surface area (Å²) in [7, 11) is 1.34. The lowest BCUT2D eigenvalue weighted by Gasteiger charge is -2.26. The molecule has 0 aliphatic carbocycles. The van der Waals surface area contributed by atoms with Crippen LogP contribution in [0.5, 0.6) is 0 Å². The molecule has 0 radical (unpaired) electrons. The van der Waals surface area contributed by atoms with Crippen molar-refractivity contribution < 1.29 is 14.3 Å². The molecule has 5 rings (SSSR count). The van der Waals surface area contributed by atoms with Gasteiger partial charge in [-0.25, -0.2) is 4.79 Å². The molecule has 3 aromatic carbocycles. The first-order valence-electron chi connectivity index (χ1n) is 12.0. The van der Waals surface area contributed by atoms with Gasteiger partial charge in [0.15, 0.2) is 0 Å². The van der Waals surface area contributed by atoms with Gasteiger partial charge in [0.2, 0.25) is 0 Å². The average Bonchev–Trinajstić information content (AvgIpc) is 3.23. The van der Waals surface area contributed by atoms with Crippen LogP contribution in [0.15, 0.2) is 72.8 Å². The largest absolute Gasteiger partial charge is 0.465 e. The molecular weight excluding hydrogens is 438 g/mol. The number of ether oxygens (including phenoxy) is 1. The van der Waals surface area contributed by atoms with E-state index in [1.165, 1.54) is 31.9 Å². The molecule has 0 spiro atoms. The van der Waals surface area contributed by atoms with Gasteiger partial charge >= 0.3 is 5.97 Å². The van der Waals surface area contributed by atoms with Crippen molar-refractivity contribution in [2.24, 2.45) is 0 Å². The topological polar surface area (TPSA) is 70.7 Å². The second-order valence-electron chi connectivity index (χ2n) is 8.98. The Hall–Kier alpha value is -3.90. The first kappa shape index (κ1) is 22.9. The number of fused-ring (bicyclic) bond motifs is 1. The van der Waals surface area contributed by atoms with Crippen molar-refractivity contribution in [3.05, 3.63) is 95.1 Å². The summed E-state index contributed by atoms with van der Waals surface area (Å²) in [4.78, 5) is 27.6. The number of piperidine rings is 1. The van der Waals surface area contributed by atoms with E-state index in [1.807, 2.05) is 30.3 Å². The monoisotopic (exact) mass is 467 g/mol. The minimum Gasteiger partial charge on any atom is -0.465 e. The summed E-state index contributed by atoms with van der Waals surface area (Å²) in [6.45, 7) is 3.29. The lowest BCUT2D eigenvalue weighted by molar-refractivity contribution is -0.110. The van der Waals surface area contributed by atoms with Crippen molar-refractivity contribution >= 4 is 34.5 Å². The van der Waals surface area contributed by atoms with E-state index in [-0.39, 0.29) is 5.91 Å². The lowest BCUT2D eigenvalue weighted by atomic mass is 9.99. The second-order valence-corrected chi connectivity index (χ2v) is 8.98. The number of amides is 1. The highest BCUT2D eigenvalue weighted by molar-refractivity contribution is 6.37. The molecule has 178 valence electrons. The Morgan fingerprint density at radius 1 is 0.943 bits per heavy atom. The molecule has 1 amide bonds. The van der Waals surface area contributed by atoms with Crippen molar-refractivity contribution in [1.29, 1.82) is 0 Å². The van der Waals surface area contributed by atoms with Crippen LogP contribution < -0.4 is 10.6 Å². The second kappa shape index (κ2) is 10.2. The fraction of sp³-hybridized carbons (Fsp3) is 0.241. The number of benzene rings is 3. The molecule has 0 unspecified atom stereocenters. The van der Waals surface area contributed by atoms with Crippen LogP contribution >= 0.6 is 0 Å². The molecule has 6 heteroatoms. The molecule has 3 aromatic rings. The summed E-state index contributed by atoms with van der Waals surface area (Å²) in [5, 5.41) is 6.41. The molecule has 0 atom stereocenters. The Bertz CT molecular complexity index is 1260. The van der Waals surface area contributed by atoms with E-state index in [4.69, 9.17) is 4.74 Å². The van der Waals surface area contributed by atoms with E-state index in [0.717, 1.165) is 42.1 Å². The molecule has 1 fully saturated rings. The predicted molar refractivity (Wildman–Crippen MR) is 139 cm³/mol. The van der Waals surface area contributed by atoms with E-state index in [0.29, 0.717) is 16.8 Å². The van der Waals surface area contributed by atoms with Gasteiger partial charge in [-0.05, 0) is 61.3 Å². The number of hydrogen-bond acceptors (Lipinski definition) is 5. The van der Waals surface area contributed by atoms with Gasteiger partial charge in [0.1, 0.15) is 0 Å².